The van der Waals surface area contributed by atoms with Crippen molar-refractivity contribution in [1.29, 1.82) is 0 Å². The number of carbonyl (C=O) groups is 1. The minimum atomic E-state index is -4.85. The Morgan fingerprint density at radius 3 is 2.62 bits per heavy atom. The van der Waals surface area contributed by atoms with Crippen LogP contribution in [0.5, 0.6) is 0 Å². The van der Waals surface area contributed by atoms with E-state index in [4.69, 9.17) is 14.6 Å². The number of thioether (sulfide) groups is 1. The Bertz CT molecular complexity index is 480. The van der Waals surface area contributed by atoms with Gasteiger partial charge in [0.15, 0.2) is 0 Å². The lowest BCUT2D eigenvalue weighted by Gasteiger charge is -2.17. The van der Waals surface area contributed by atoms with Crippen molar-refractivity contribution in [3.8, 4) is 0 Å². The molecule has 3 N–H and O–H groups in total. The van der Waals surface area contributed by atoms with Crippen LogP contribution in [0.1, 0.15) is 12.0 Å². The normalized spacial score (nSPS) is 12.9. The molecular formula is C12H18NO6PS. The van der Waals surface area contributed by atoms with Crippen molar-refractivity contribution >= 4 is 25.6 Å². The molecule has 0 amide bonds. The average molecular weight is 335 g/mol. The first-order valence-corrected chi connectivity index (χ1v) is 9.04. The highest BCUT2D eigenvalue weighted by atomic mass is 32.2. The van der Waals surface area contributed by atoms with Crippen LogP contribution in [0.4, 0.5) is 0 Å². The van der Waals surface area contributed by atoms with Crippen molar-refractivity contribution < 1.29 is 28.5 Å². The number of hydrogen-bond donors (Lipinski definition) is 3. The van der Waals surface area contributed by atoms with Gasteiger partial charge in [0.05, 0.1) is 6.61 Å². The molecule has 1 aromatic carbocycles. The highest BCUT2D eigenvalue weighted by Gasteiger charge is 2.27. The van der Waals surface area contributed by atoms with Crippen LogP contribution < -0.4 is 5.48 Å². The maximum absolute atomic E-state index is 11.6. The van der Waals surface area contributed by atoms with E-state index in [9.17, 15) is 9.36 Å². The molecule has 0 bridgehead atoms. The molecule has 7 nitrogen and oxygen atoms in total. The third-order valence-electron chi connectivity index (χ3n) is 2.41. The summed E-state index contributed by atoms with van der Waals surface area (Å²) < 4.78 is 14.8. The number of hydroxylamine groups is 1. The molecule has 0 spiro atoms. The monoisotopic (exact) mass is 335 g/mol. The Labute approximate surface area is 127 Å². The number of phosphoric acid groups is 1. The molecule has 0 heterocycles. The third kappa shape index (κ3) is 8.21. The molecule has 0 aliphatic carbocycles. The predicted molar refractivity (Wildman–Crippen MR) is 79.3 cm³/mol. The summed E-state index contributed by atoms with van der Waals surface area (Å²) in [6.07, 6.45) is 2.19. The first-order valence-electron chi connectivity index (χ1n) is 6.11. The van der Waals surface area contributed by atoms with Crippen molar-refractivity contribution in [2.45, 2.75) is 19.1 Å². The molecule has 1 atom stereocenters. The van der Waals surface area contributed by atoms with Crippen LogP contribution in [-0.2, 0) is 25.3 Å². The summed E-state index contributed by atoms with van der Waals surface area (Å²) in [5, 5.41) is 0. The van der Waals surface area contributed by atoms with Crippen LogP contribution in [0.25, 0.3) is 0 Å². The molecule has 21 heavy (non-hydrogen) atoms. The Morgan fingerprint density at radius 1 is 1.38 bits per heavy atom. The molecule has 0 aromatic heterocycles. The van der Waals surface area contributed by atoms with Gasteiger partial charge in [-0.05, 0) is 24.0 Å². The van der Waals surface area contributed by atoms with E-state index in [-0.39, 0.29) is 6.61 Å². The molecule has 9 heteroatoms. The van der Waals surface area contributed by atoms with Crippen molar-refractivity contribution in [2.24, 2.45) is 0 Å². The van der Waals surface area contributed by atoms with Crippen LogP contribution >= 0.6 is 19.6 Å². The fourth-order valence-electron chi connectivity index (χ4n) is 1.44. The second-order valence-electron chi connectivity index (χ2n) is 4.13. The molecule has 0 fully saturated rings. The van der Waals surface area contributed by atoms with Crippen LogP contribution in [0.3, 0.4) is 0 Å². The van der Waals surface area contributed by atoms with Gasteiger partial charge in [-0.15, -0.1) is 0 Å². The largest absolute Gasteiger partial charge is 0.527 e. The quantitative estimate of drug-likeness (QED) is 0.460. The first kappa shape index (κ1) is 18.2. The van der Waals surface area contributed by atoms with E-state index in [0.29, 0.717) is 12.2 Å². The van der Waals surface area contributed by atoms with E-state index in [1.807, 2.05) is 36.6 Å². The summed E-state index contributed by atoms with van der Waals surface area (Å²) in [6.45, 7) is 0.222. The number of phosphoric ester groups is 1. The molecular weight excluding hydrogens is 317 g/mol. The smallest absolute Gasteiger partial charge is 0.369 e. The Kier molecular flexibility index (Phi) is 7.95. The second kappa shape index (κ2) is 9.19. The average Bonchev–Trinajstić information content (AvgIpc) is 2.41. The summed E-state index contributed by atoms with van der Waals surface area (Å²) in [6, 6.07) is 8.35. The summed E-state index contributed by atoms with van der Waals surface area (Å²) in [4.78, 5) is 34.2. The summed E-state index contributed by atoms with van der Waals surface area (Å²) >= 11 is 1.50. The van der Waals surface area contributed by atoms with E-state index in [1.165, 1.54) is 11.8 Å². The van der Waals surface area contributed by atoms with E-state index in [0.717, 1.165) is 5.56 Å². The lowest BCUT2D eigenvalue weighted by atomic mass is 10.2. The zero-order chi connectivity index (χ0) is 15.7. The molecule has 0 saturated carbocycles. The number of carbonyl (C=O) groups excluding carboxylic acids is 1. The van der Waals surface area contributed by atoms with E-state index < -0.39 is 19.8 Å². The number of hydrogen-bond acceptors (Lipinski definition) is 6. The number of rotatable bonds is 9. The van der Waals surface area contributed by atoms with Gasteiger partial charge in [0.1, 0.15) is 6.04 Å². The van der Waals surface area contributed by atoms with Crippen molar-refractivity contribution in [1.82, 2.24) is 5.48 Å². The van der Waals surface area contributed by atoms with Gasteiger partial charge in [-0.25, -0.2) is 9.36 Å². The zero-order valence-corrected chi connectivity index (χ0v) is 13.2. The fraction of sp³-hybridized carbons (Fsp3) is 0.417. The lowest BCUT2D eigenvalue weighted by Crippen LogP contribution is -2.38. The van der Waals surface area contributed by atoms with Crippen molar-refractivity contribution in [2.75, 3.05) is 12.0 Å². The second-order valence-corrected chi connectivity index (χ2v) is 6.28. The van der Waals surface area contributed by atoms with Crippen molar-refractivity contribution in [3.05, 3.63) is 35.9 Å². The minimum absolute atomic E-state index is 0.222. The SMILES string of the molecule is CSCC[C@H](NOCc1ccccc1)C(=O)OP(=O)(O)O. The topological polar surface area (TPSA) is 105 Å². The zero-order valence-electron chi connectivity index (χ0n) is 11.5. The van der Waals surface area contributed by atoms with Crippen LogP contribution in [0.2, 0.25) is 0 Å². The van der Waals surface area contributed by atoms with Gasteiger partial charge in [0.2, 0.25) is 0 Å². The molecule has 1 rings (SSSR count). The van der Waals surface area contributed by atoms with Crippen LogP contribution in [-0.4, -0.2) is 33.8 Å². The molecule has 1 aromatic rings. The third-order valence-corrected chi connectivity index (χ3v) is 3.47. The Hall–Kier alpha value is -0.890. The minimum Gasteiger partial charge on any atom is -0.369 e. The van der Waals surface area contributed by atoms with E-state index in [2.05, 4.69) is 10.0 Å². The predicted octanol–water partition coefficient (Wildman–Crippen LogP) is 1.47. The highest BCUT2D eigenvalue weighted by molar-refractivity contribution is 7.98. The van der Waals surface area contributed by atoms with Gasteiger partial charge in [0, 0.05) is 0 Å². The molecule has 0 unspecified atom stereocenters. The first-order chi connectivity index (χ1) is 9.92. The van der Waals surface area contributed by atoms with Gasteiger partial charge in [-0.1, -0.05) is 30.3 Å². The summed E-state index contributed by atoms with van der Waals surface area (Å²) in [7, 11) is -4.85. The lowest BCUT2D eigenvalue weighted by molar-refractivity contribution is -0.143. The maximum atomic E-state index is 11.6. The maximum Gasteiger partial charge on any atom is 0.527 e. The standard InChI is InChI=1S/C12H18NO6PS/c1-21-8-7-11(12(14)19-20(15,16)17)13-18-9-10-5-3-2-4-6-10/h2-6,11,13H,7-9H2,1H3,(H2,15,16,17)/t11-/m0/s1. The summed E-state index contributed by atoms with van der Waals surface area (Å²) in [5.74, 6) is -0.423. The van der Waals surface area contributed by atoms with Gasteiger partial charge in [0.25, 0.3) is 0 Å². The fourth-order valence-corrected chi connectivity index (χ4v) is 2.27. The Balaban J connectivity index is 2.49. The van der Waals surface area contributed by atoms with Crippen LogP contribution in [0, 0.1) is 0 Å². The van der Waals surface area contributed by atoms with Crippen molar-refractivity contribution in [3.63, 3.8) is 0 Å². The molecule has 0 saturated heterocycles. The van der Waals surface area contributed by atoms with E-state index in [1.54, 1.807) is 0 Å². The molecule has 0 aliphatic rings. The van der Waals surface area contributed by atoms with Gasteiger partial charge >= 0.3 is 13.8 Å². The molecule has 118 valence electrons. The molecule has 0 radical (unpaired) electrons. The highest BCUT2D eigenvalue weighted by Crippen LogP contribution is 2.36. The summed E-state index contributed by atoms with van der Waals surface area (Å²) in [5.41, 5.74) is 3.39. The molecule has 0 aliphatic heterocycles. The van der Waals surface area contributed by atoms with Gasteiger partial charge in [-0.3, -0.25) is 14.6 Å². The number of nitrogens with one attached hydrogen (secondary N) is 1. The van der Waals surface area contributed by atoms with Crippen LogP contribution in [0.15, 0.2) is 30.3 Å². The Morgan fingerprint density at radius 2 is 2.05 bits per heavy atom. The van der Waals surface area contributed by atoms with E-state index >= 15 is 0 Å². The number of benzene rings is 1. The van der Waals surface area contributed by atoms with Gasteiger partial charge in [-0.2, -0.15) is 17.2 Å². The van der Waals surface area contributed by atoms with Gasteiger partial charge < -0.3 is 4.52 Å².